The molecule has 0 radical (unpaired) electrons. The van der Waals surface area contributed by atoms with Gasteiger partial charge in [-0.25, -0.2) is 0 Å². The first-order valence-corrected chi connectivity index (χ1v) is 8.47. The number of nitriles is 1. The molecule has 0 saturated carbocycles. The number of anilines is 1. The third-order valence-electron chi connectivity index (χ3n) is 3.34. The zero-order chi connectivity index (χ0) is 18.9. The van der Waals surface area contributed by atoms with Gasteiger partial charge in [0.1, 0.15) is 29.7 Å². The van der Waals surface area contributed by atoms with Crippen molar-refractivity contribution in [3.63, 3.8) is 0 Å². The second kappa shape index (κ2) is 9.44. The van der Waals surface area contributed by atoms with Crippen molar-refractivity contribution in [2.75, 3.05) is 19.0 Å². The highest BCUT2D eigenvalue weighted by molar-refractivity contribution is 9.10. The summed E-state index contributed by atoms with van der Waals surface area (Å²) in [4.78, 5) is 12.3. The number of hydrogen-bond donors (Lipinski definition) is 1. The van der Waals surface area contributed by atoms with Crippen molar-refractivity contribution in [3.8, 4) is 17.6 Å². The lowest BCUT2D eigenvalue weighted by atomic mass is 10.1. The molecule has 1 N–H and O–H groups in total. The molecule has 0 aliphatic rings. The van der Waals surface area contributed by atoms with E-state index in [0.717, 1.165) is 4.47 Å². The van der Waals surface area contributed by atoms with Gasteiger partial charge in [-0.15, -0.1) is 0 Å². The lowest BCUT2D eigenvalue weighted by molar-refractivity contribution is -0.112. The molecular formula is C20H17BrN2O3. The Balaban J connectivity index is 2.15. The molecule has 6 heteroatoms. The van der Waals surface area contributed by atoms with Crippen LogP contribution in [-0.2, 0) is 4.79 Å². The Morgan fingerprint density at radius 2 is 2.04 bits per heavy atom. The number of rotatable bonds is 7. The molecule has 1 amide bonds. The lowest BCUT2D eigenvalue weighted by Crippen LogP contribution is -2.13. The second-order valence-corrected chi connectivity index (χ2v) is 6.00. The Bertz CT molecular complexity index is 868. The Hall–Kier alpha value is -3.04. The molecule has 0 aromatic heterocycles. The Morgan fingerprint density at radius 1 is 1.31 bits per heavy atom. The Morgan fingerprint density at radius 3 is 2.62 bits per heavy atom. The molecule has 0 aliphatic heterocycles. The molecule has 0 fully saturated rings. The zero-order valence-corrected chi connectivity index (χ0v) is 15.7. The van der Waals surface area contributed by atoms with Crippen molar-refractivity contribution < 1.29 is 14.3 Å². The van der Waals surface area contributed by atoms with E-state index in [2.05, 4.69) is 27.8 Å². The van der Waals surface area contributed by atoms with Gasteiger partial charge in [0.25, 0.3) is 5.91 Å². The summed E-state index contributed by atoms with van der Waals surface area (Å²) < 4.78 is 11.3. The molecule has 0 aliphatic carbocycles. The van der Waals surface area contributed by atoms with Gasteiger partial charge in [-0.3, -0.25) is 4.79 Å². The molecule has 0 bridgehead atoms. The molecule has 26 heavy (non-hydrogen) atoms. The number of carbonyl (C=O) groups is 1. The van der Waals surface area contributed by atoms with Crippen LogP contribution in [0.4, 0.5) is 5.69 Å². The van der Waals surface area contributed by atoms with Gasteiger partial charge < -0.3 is 14.8 Å². The van der Waals surface area contributed by atoms with Crippen molar-refractivity contribution in [3.05, 3.63) is 70.7 Å². The van der Waals surface area contributed by atoms with Crippen LogP contribution >= 0.6 is 15.9 Å². The summed E-state index contributed by atoms with van der Waals surface area (Å²) in [5, 5.41) is 12.0. The summed E-state index contributed by atoms with van der Waals surface area (Å²) in [7, 11) is 1.57. The SMILES string of the molecule is C=CCOc1ccc(C=C(C#N)C(=O)Nc2ccc(OC)cc2)cc1Br. The largest absolute Gasteiger partial charge is 0.497 e. The summed E-state index contributed by atoms with van der Waals surface area (Å²) in [5.74, 6) is 0.853. The smallest absolute Gasteiger partial charge is 0.266 e. The first-order valence-electron chi connectivity index (χ1n) is 7.68. The van der Waals surface area contributed by atoms with Crippen molar-refractivity contribution >= 4 is 33.6 Å². The standard InChI is InChI=1S/C20H17BrN2O3/c1-3-10-26-19-9-4-14(12-18(19)21)11-15(13-22)20(24)23-16-5-7-17(25-2)8-6-16/h3-9,11-12H,1,10H2,2H3,(H,23,24). The van der Waals surface area contributed by atoms with Crippen LogP contribution in [-0.4, -0.2) is 19.6 Å². The van der Waals surface area contributed by atoms with Gasteiger partial charge in [0, 0.05) is 5.69 Å². The van der Waals surface area contributed by atoms with Crippen molar-refractivity contribution in [2.24, 2.45) is 0 Å². The third kappa shape index (κ3) is 5.23. The predicted molar refractivity (Wildman–Crippen MR) is 105 cm³/mol. The fraction of sp³-hybridized carbons (Fsp3) is 0.100. The van der Waals surface area contributed by atoms with Gasteiger partial charge in [0.2, 0.25) is 0 Å². The van der Waals surface area contributed by atoms with Gasteiger partial charge in [0.15, 0.2) is 0 Å². The molecule has 0 unspecified atom stereocenters. The number of nitrogens with one attached hydrogen (secondary N) is 1. The van der Waals surface area contributed by atoms with Crippen LogP contribution in [0.1, 0.15) is 5.56 Å². The van der Waals surface area contributed by atoms with E-state index in [-0.39, 0.29) is 5.57 Å². The summed E-state index contributed by atoms with van der Waals surface area (Å²) in [6, 6.07) is 14.1. The number of halogens is 1. The van der Waals surface area contributed by atoms with Crippen LogP contribution in [0.5, 0.6) is 11.5 Å². The van der Waals surface area contributed by atoms with Crippen LogP contribution in [0.25, 0.3) is 6.08 Å². The van der Waals surface area contributed by atoms with Crippen molar-refractivity contribution in [1.82, 2.24) is 0 Å². The quantitative estimate of drug-likeness (QED) is 0.410. The fourth-order valence-electron chi connectivity index (χ4n) is 2.06. The average molecular weight is 413 g/mol. The van der Waals surface area contributed by atoms with E-state index in [4.69, 9.17) is 9.47 Å². The first-order chi connectivity index (χ1) is 12.6. The minimum absolute atomic E-state index is 0.00696. The maximum absolute atomic E-state index is 12.3. The maximum atomic E-state index is 12.3. The number of carbonyl (C=O) groups excluding carboxylic acids is 1. The van der Waals surface area contributed by atoms with Gasteiger partial charge in [-0.2, -0.15) is 5.26 Å². The summed E-state index contributed by atoms with van der Waals surface area (Å²) in [6.07, 6.45) is 3.17. The predicted octanol–water partition coefficient (Wildman–Crippen LogP) is 4.57. The third-order valence-corrected chi connectivity index (χ3v) is 3.96. The Labute approximate surface area is 160 Å². The highest BCUT2D eigenvalue weighted by atomic mass is 79.9. The zero-order valence-electron chi connectivity index (χ0n) is 14.2. The van der Waals surface area contributed by atoms with Crippen molar-refractivity contribution in [2.45, 2.75) is 0 Å². The molecule has 0 heterocycles. The molecular weight excluding hydrogens is 396 g/mol. The maximum Gasteiger partial charge on any atom is 0.266 e. The number of ether oxygens (including phenoxy) is 2. The molecule has 132 valence electrons. The van der Waals surface area contributed by atoms with Gasteiger partial charge in [-0.1, -0.05) is 18.7 Å². The second-order valence-electron chi connectivity index (χ2n) is 5.14. The molecule has 5 nitrogen and oxygen atoms in total. The Kier molecular flexibility index (Phi) is 7.01. The topological polar surface area (TPSA) is 71.3 Å². The van der Waals surface area contributed by atoms with E-state index in [1.54, 1.807) is 55.7 Å². The molecule has 0 spiro atoms. The van der Waals surface area contributed by atoms with Crippen LogP contribution in [0, 0.1) is 11.3 Å². The number of nitrogens with zero attached hydrogens (tertiary/aromatic N) is 1. The summed E-state index contributed by atoms with van der Waals surface area (Å²) in [6.45, 7) is 3.99. The average Bonchev–Trinajstić information content (AvgIpc) is 2.66. The van der Waals surface area contributed by atoms with Gasteiger partial charge >= 0.3 is 0 Å². The number of amides is 1. The van der Waals surface area contributed by atoms with Crippen LogP contribution < -0.4 is 14.8 Å². The highest BCUT2D eigenvalue weighted by Crippen LogP contribution is 2.27. The van der Waals surface area contributed by atoms with Gasteiger partial charge in [-0.05, 0) is 64.0 Å². The first kappa shape index (κ1) is 19.3. The minimum atomic E-state index is -0.485. The van der Waals surface area contributed by atoms with E-state index < -0.39 is 5.91 Å². The number of methoxy groups -OCH3 is 1. The van der Waals surface area contributed by atoms with Crippen LogP contribution in [0.15, 0.2) is 65.2 Å². The molecule has 2 aromatic carbocycles. The summed E-state index contributed by atoms with van der Waals surface area (Å²) >= 11 is 3.41. The molecule has 2 aromatic rings. The normalized spacial score (nSPS) is 10.6. The number of benzene rings is 2. The van der Waals surface area contributed by atoms with E-state index in [1.807, 2.05) is 6.07 Å². The lowest BCUT2D eigenvalue weighted by Gasteiger charge is -2.07. The van der Waals surface area contributed by atoms with E-state index in [9.17, 15) is 10.1 Å². The van der Waals surface area contributed by atoms with Crippen LogP contribution in [0.3, 0.4) is 0 Å². The summed E-state index contributed by atoms with van der Waals surface area (Å²) in [5.41, 5.74) is 1.27. The fourth-order valence-corrected chi connectivity index (χ4v) is 2.57. The van der Waals surface area contributed by atoms with E-state index in [0.29, 0.717) is 29.4 Å². The highest BCUT2D eigenvalue weighted by Gasteiger charge is 2.10. The molecule has 2 rings (SSSR count). The minimum Gasteiger partial charge on any atom is -0.497 e. The van der Waals surface area contributed by atoms with Gasteiger partial charge in [0.05, 0.1) is 11.6 Å². The van der Waals surface area contributed by atoms with E-state index in [1.165, 1.54) is 6.08 Å². The van der Waals surface area contributed by atoms with Crippen LogP contribution in [0.2, 0.25) is 0 Å². The number of hydrogen-bond acceptors (Lipinski definition) is 4. The molecule has 0 saturated heterocycles. The van der Waals surface area contributed by atoms with E-state index >= 15 is 0 Å². The monoisotopic (exact) mass is 412 g/mol. The van der Waals surface area contributed by atoms with Crippen molar-refractivity contribution in [1.29, 1.82) is 5.26 Å². The molecule has 0 atom stereocenters.